The Morgan fingerprint density at radius 2 is 2.16 bits per heavy atom. The standard InChI is InChI=1S/C19H15N3O3/c1-11-6-13-7-12(2-3-17(13)25-11)10-22-5-4-16-15(19(22)24)8-14(9-20)18(23)21-16/h2-5,7-8,11H,6,10H2,1H3,(H,21,23)/t11-/m1/s1. The number of H-pyrrole nitrogens is 1. The Morgan fingerprint density at radius 1 is 1.32 bits per heavy atom. The third-order valence-electron chi connectivity index (χ3n) is 4.42. The molecule has 0 amide bonds. The number of nitrogens with zero attached hydrogens (tertiary/aromatic N) is 2. The molecule has 2 aromatic heterocycles. The molecule has 3 heterocycles. The molecule has 0 radical (unpaired) electrons. The molecule has 1 aliphatic heterocycles. The van der Waals surface area contributed by atoms with Crippen LogP contribution in [-0.2, 0) is 13.0 Å². The summed E-state index contributed by atoms with van der Waals surface area (Å²) in [6.07, 6.45) is 2.69. The van der Waals surface area contributed by atoms with E-state index in [2.05, 4.69) is 11.1 Å². The molecule has 1 N–H and O–H groups in total. The Kier molecular flexibility index (Phi) is 3.43. The van der Waals surface area contributed by atoms with Crippen molar-refractivity contribution in [2.75, 3.05) is 0 Å². The lowest BCUT2D eigenvalue weighted by Gasteiger charge is -2.09. The minimum Gasteiger partial charge on any atom is -0.490 e. The van der Waals surface area contributed by atoms with Crippen LogP contribution in [0.1, 0.15) is 23.6 Å². The molecular formula is C19H15N3O3. The maximum absolute atomic E-state index is 12.7. The number of aromatic nitrogens is 2. The summed E-state index contributed by atoms with van der Waals surface area (Å²) in [5.74, 6) is 0.901. The van der Waals surface area contributed by atoms with E-state index >= 15 is 0 Å². The lowest BCUT2D eigenvalue weighted by atomic mass is 10.1. The first-order valence-electron chi connectivity index (χ1n) is 8.00. The molecule has 0 fully saturated rings. The van der Waals surface area contributed by atoms with Gasteiger partial charge in [-0.1, -0.05) is 12.1 Å². The van der Waals surface area contributed by atoms with Crippen LogP contribution in [0.5, 0.6) is 5.75 Å². The number of rotatable bonds is 2. The van der Waals surface area contributed by atoms with Crippen LogP contribution < -0.4 is 15.9 Å². The first-order valence-corrected chi connectivity index (χ1v) is 8.00. The summed E-state index contributed by atoms with van der Waals surface area (Å²) in [5.41, 5.74) is 1.79. The monoisotopic (exact) mass is 333 g/mol. The van der Waals surface area contributed by atoms with E-state index < -0.39 is 5.56 Å². The fourth-order valence-corrected chi connectivity index (χ4v) is 3.22. The van der Waals surface area contributed by atoms with Gasteiger partial charge in [-0.05, 0) is 36.2 Å². The minimum absolute atomic E-state index is 0.0639. The van der Waals surface area contributed by atoms with E-state index in [1.54, 1.807) is 16.8 Å². The maximum Gasteiger partial charge on any atom is 0.266 e. The van der Waals surface area contributed by atoms with Gasteiger partial charge in [-0.15, -0.1) is 0 Å². The Hall–Kier alpha value is -3.33. The van der Waals surface area contributed by atoms with Crippen molar-refractivity contribution in [3.05, 3.63) is 73.9 Å². The van der Waals surface area contributed by atoms with E-state index in [1.165, 1.54) is 6.07 Å². The lowest BCUT2D eigenvalue weighted by Crippen LogP contribution is -2.22. The lowest BCUT2D eigenvalue weighted by molar-refractivity contribution is 0.254. The number of hydrogen-bond acceptors (Lipinski definition) is 4. The van der Waals surface area contributed by atoms with Gasteiger partial charge in [0.2, 0.25) is 0 Å². The van der Waals surface area contributed by atoms with Crippen LogP contribution >= 0.6 is 0 Å². The zero-order valence-electron chi connectivity index (χ0n) is 13.6. The minimum atomic E-state index is -0.486. The predicted octanol–water partition coefficient (Wildman–Crippen LogP) is 1.93. The smallest absolute Gasteiger partial charge is 0.266 e. The van der Waals surface area contributed by atoms with Crippen molar-refractivity contribution in [1.29, 1.82) is 5.26 Å². The number of benzene rings is 1. The zero-order chi connectivity index (χ0) is 17.6. The molecule has 0 aliphatic carbocycles. The summed E-state index contributed by atoms with van der Waals surface area (Å²) in [5, 5.41) is 9.32. The third-order valence-corrected chi connectivity index (χ3v) is 4.42. The number of fused-ring (bicyclic) bond motifs is 2. The number of ether oxygens (including phenoxy) is 1. The summed E-state index contributed by atoms with van der Waals surface area (Å²) in [4.78, 5) is 27.0. The van der Waals surface area contributed by atoms with E-state index in [0.29, 0.717) is 17.4 Å². The number of nitrogens with one attached hydrogen (secondary N) is 1. The number of aromatic amines is 1. The van der Waals surface area contributed by atoms with Crippen molar-refractivity contribution in [3.8, 4) is 11.8 Å². The van der Waals surface area contributed by atoms with Crippen LogP contribution in [-0.4, -0.2) is 15.7 Å². The second-order valence-electron chi connectivity index (χ2n) is 6.27. The number of hydrogen-bond donors (Lipinski definition) is 1. The summed E-state index contributed by atoms with van der Waals surface area (Å²) in [6, 6.07) is 10.8. The molecule has 1 aromatic carbocycles. The van der Waals surface area contributed by atoms with Crippen LogP contribution in [0.25, 0.3) is 10.9 Å². The Balaban J connectivity index is 1.76. The fraction of sp³-hybridized carbons (Fsp3) is 0.211. The molecule has 0 spiro atoms. The van der Waals surface area contributed by atoms with Crippen molar-refractivity contribution in [1.82, 2.24) is 9.55 Å². The van der Waals surface area contributed by atoms with Gasteiger partial charge in [-0.25, -0.2) is 0 Å². The topological polar surface area (TPSA) is 87.9 Å². The van der Waals surface area contributed by atoms with Crippen LogP contribution in [0.2, 0.25) is 0 Å². The highest BCUT2D eigenvalue weighted by molar-refractivity contribution is 5.78. The van der Waals surface area contributed by atoms with E-state index in [-0.39, 0.29) is 17.2 Å². The fourth-order valence-electron chi connectivity index (χ4n) is 3.22. The molecule has 6 heteroatoms. The van der Waals surface area contributed by atoms with Crippen molar-refractivity contribution in [3.63, 3.8) is 0 Å². The maximum atomic E-state index is 12.7. The molecule has 124 valence electrons. The molecule has 3 aromatic rings. The highest BCUT2D eigenvalue weighted by Gasteiger charge is 2.19. The molecule has 4 rings (SSSR count). The summed E-state index contributed by atoms with van der Waals surface area (Å²) in [6.45, 7) is 2.44. The molecule has 0 unspecified atom stereocenters. The van der Waals surface area contributed by atoms with Gasteiger partial charge in [0, 0.05) is 12.6 Å². The van der Waals surface area contributed by atoms with Crippen LogP contribution in [0.4, 0.5) is 0 Å². The second-order valence-corrected chi connectivity index (χ2v) is 6.27. The van der Waals surface area contributed by atoms with E-state index in [9.17, 15) is 9.59 Å². The SMILES string of the molecule is C[C@@H]1Cc2cc(Cn3ccc4[nH]c(=O)c(C#N)cc4c3=O)ccc2O1. The summed E-state index contributed by atoms with van der Waals surface area (Å²) < 4.78 is 7.27. The third kappa shape index (κ3) is 2.60. The quantitative estimate of drug-likeness (QED) is 0.776. The highest BCUT2D eigenvalue weighted by atomic mass is 16.5. The van der Waals surface area contributed by atoms with Gasteiger partial charge in [0.25, 0.3) is 11.1 Å². The van der Waals surface area contributed by atoms with E-state index in [4.69, 9.17) is 10.00 Å². The summed E-state index contributed by atoms with van der Waals surface area (Å²) >= 11 is 0. The molecule has 1 atom stereocenters. The van der Waals surface area contributed by atoms with Crippen molar-refractivity contribution in [2.24, 2.45) is 0 Å². The van der Waals surface area contributed by atoms with E-state index in [0.717, 1.165) is 23.3 Å². The molecule has 0 saturated heterocycles. The predicted molar refractivity (Wildman–Crippen MR) is 92.9 cm³/mol. The van der Waals surface area contributed by atoms with Gasteiger partial charge in [-0.2, -0.15) is 5.26 Å². The van der Waals surface area contributed by atoms with Crippen LogP contribution in [0.15, 0.2) is 46.1 Å². The normalized spacial score (nSPS) is 15.6. The second kappa shape index (κ2) is 5.64. The first-order chi connectivity index (χ1) is 12.0. The molecule has 0 bridgehead atoms. The van der Waals surface area contributed by atoms with Crippen molar-refractivity contribution < 1.29 is 4.74 Å². The number of pyridine rings is 2. The molecular weight excluding hydrogens is 318 g/mol. The highest BCUT2D eigenvalue weighted by Crippen LogP contribution is 2.29. The van der Waals surface area contributed by atoms with Gasteiger partial charge in [-0.3, -0.25) is 9.59 Å². The molecule has 0 saturated carbocycles. The number of nitriles is 1. The van der Waals surface area contributed by atoms with Gasteiger partial charge in [0.1, 0.15) is 23.5 Å². The van der Waals surface area contributed by atoms with Gasteiger partial charge < -0.3 is 14.3 Å². The largest absolute Gasteiger partial charge is 0.490 e. The molecule has 25 heavy (non-hydrogen) atoms. The van der Waals surface area contributed by atoms with Gasteiger partial charge >= 0.3 is 0 Å². The van der Waals surface area contributed by atoms with Gasteiger partial charge in [0.15, 0.2) is 0 Å². The first kappa shape index (κ1) is 15.2. The van der Waals surface area contributed by atoms with Crippen LogP contribution in [0.3, 0.4) is 0 Å². The average molecular weight is 333 g/mol. The Labute approximate surface area is 142 Å². The Morgan fingerprint density at radius 3 is 2.96 bits per heavy atom. The van der Waals surface area contributed by atoms with Crippen molar-refractivity contribution in [2.45, 2.75) is 26.0 Å². The zero-order valence-corrected chi connectivity index (χ0v) is 13.6. The van der Waals surface area contributed by atoms with Crippen molar-refractivity contribution >= 4 is 10.9 Å². The average Bonchev–Trinajstić information content (AvgIpc) is 2.96. The summed E-state index contributed by atoms with van der Waals surface area (Å²) in [7, 11) is 0. The van der Waals surface area contributed by atoms with Gasteiger partial charge in [0.05, 0.1) is 17.4 Å². The Bertz CT molecular complexity index is 1150. The van der Waals surface area contributed by atoms with Crippen LogP contribution in [0, 0.1) is 11.3 Å². The molecule has 6 nitrogen and oxygen atoms in total. The van der Waals surface area contributed by atoms with E-state index in [1.807, 2.05) is 25.1 Å². The molecule has 1 aliphatic rings.